The highest BCUT2D eigenvalue weighted by Crippen LogP contribution is 2.40. The summed E-state index contributed by atoms with van der Waals surface area (Å²) in [4.78, 5) is 76.1. The second kappa shape index (κ2) is 21.8. The van der Waals surface area contributed by atoms with Gasteiger partial charge in [0.05, 0.1) is 50.6 Å². The van der Waals surface area contributed by atoms with Crippen LogP contribution in [0.25, 0.3) is 10.4 Å². The molecule has 2 saturated heterocycles. The molecule has 0 saturated carbocycles. The van der Waals surface area contributed by atoms with Gasteiger partial charge in [-0.05, 0) is 98.8 Å². The lowest BCUT2D eigenvalue weighted by molar-refractivity contribution is -0.144. The molecule has 0 unspecified atom stereocenters. The van der Waals surface area contributed by atoms with Crippen molar-refractivity contribution in [3.63, 3.8) is 0 Å². The summed E-state index contributed by atoms with van der Waals surface area (Å²) in [5.41, 5.74) is 0.208. The number of β-amino-alcohol motifs (C(OH)–C–C–N with tert-alkyl or cyclic N) is 1. The number of hydrogen-bond acceptors (Lipinski definition) is 10. The zero-order valence-corrected chi connectivity index (χ0v) is 41.3. The van der Waals surface area contributed by atoms with Crippen LogP contribution in [0.3, 0.4) is 0 Å². The number of nitrogens with zero attached hydrogens (tertiary/aromatic N) is 5. The van der Waals surface area contributed by atoms with Gasteiger partial charge >= 0.3 is 6.18 Å². The molecule has 6 rings (SSSR count). The van der Waals surface area contributed by atoms with E-state index in [9.17, 15) is 47.5 Å². The third-order valence-corrected chi connectivity index (χ3v) is 13.7. The molecule has 20 heteroatoms. The lowest BCUT2D eigenvalue weighted by Gasteiger charge is -2.35. The molecule has 3 aromatic carbocycles. The topological polar surface area (TPSA) is 188 Å². The largest absolute Gasteiger partial charge is 0.417 e. The van der Waals surface area contributed by atoms with Crippen LogP contribution in [-0.2, 0) is 31.9 Å². The predicted molar refractivity (Wildman–Crippen MR) is 261 cm³/mol. The number of anilines is 2. The fourth-order valence-electron chi connectivity index (χ4n) is 8.54. The Hall–Kier alpha value is -6.30. The standard InChI is InChI=1S/C50H56F4N8O6S2/c1-29-41(70-28-58-29)31-15-13-30(14-16-31)26-57-44(66)39-24-35(63)27-60(39)45(67)42(48(2,3)4)59-40(64)12-10-8-7-9-11-21-56-43(65)36-20-19-34(23-38(36)51)62-47(69)61(46(68)49(62,5)6)33-18-17-32(25-55)37(22-33)50(52,53)54/h13-20,22-23,28,35,39,42,63H,7-12,21,24,26-27H2,1-6H3,(H,56,65)(H,57,66)(H,59,64)/t35-,39+,42-/m1/s1. The van der Waals surface area contributed by atoms with E-state index in [1.165, 1.54) is 47.9 Å². The molecule has 0 bridgehead atoms. The van der Waals surface area contributed by atoms with E-state index in [4.69, 9.17) is 12.2 Å². The molecule has 3 heterocycles. The number of halogens is 4. The van der Waals surface area contributed by atoms with Gasteiger partial charge < -0.3 is 30.9 Å². The molecule has 5 amide bonds. The van der Waals surface area contributed by atoms with Crippen molar-refractivity contribution in [3.05, 3.63) is 99.9 Å². The highest BCUT2D eigenvalue weighted by molar-refractivity contribution is 7.81. The van der Waals surface area contributed by atoms with Gasteiger partial charge in [0.1, 0.15) is 23.4 Å². The van der Waals surface area contributed by atoms with Gasteiger partial charge in [-0.3, -0.25) is 28.9 Å². The molecule has 4 aromatic rings. The first kappa shape index (κ1) is 53.1. The van der Waals surface area contributed by atoms with Crippen LogP contribution in [-0.4, -0.2) is 86.5 Å². The number of aromatic nitrogens is 1. The molecule has 0 spiro atoms. The van der Waals surface area contributed by atoms with Crippen LogP contribution in [0.5, 0.6) is 0 Å². The Kier molecular flexibility index (Phi) is 16.5. The SMILES string of the molecule is Cc1ncsc1-c1ccc(CNC(=O)[C@@H]2C[C@@H](O)CN2C(=O)[C@@H](NC(=O)CCCCCCCNC(=O)c2ccc(N3C(=S)N(c4ccc(C#N)c(C(F)(F)F)c4)C(=O)C3(C)C)cc2F)C(C)(C)C)cc1. The van der Waals surface area contributed by atoms with E-state index in [2.05, 4.69) is 20.9 Å². The Bertz CT molecular complexity index is 2680. The Balaban J connectivity index is 0.932. The number of thiocarbonyl (C=S) groups is 1. The van der Waals surface area contributed by atoms with Crippen LogP contribution >= 0.6 is 23.6 Å². The minimum Gasteiger partial charge on any atom is -0.391 e. The van der Waals surface area contributed by atoms with Gasteiger partial charge in [-0.2, -0.15) is 18.4 Å². The number of carbonyl (C=O) groups excluding carboxylic acids is 5. The van der Waals surface area contributed by atoms with Crippen molar-refractivity contribution in [1.82, 2.24) is 25.8 Å². The van der Waals surface area contributed by atoms with Crippen molar-refractivity contribution in [2.24, 2.45) is 5.41 Å². The third-order valence-electron chi connectivity index (χ3n) is 12.4. The Labute approximate surface area is 413 Å². The Morgan fingerprint density at radius 3 is 2.27 bits per heavy atom. The fourth-order valence-corrected chi connectivity index (χ4v) is 9.87. The number of aryl methyl sites for hydroxylation is 1. The van der Waals surface area contributed by atoms with Crippen LogP contribution in [0.15, 0.2) is 66.2 Å². The Morgan fingerprint density at radius 2 is 1.64 bits per heavy atom. The highest BCUT2D eigenvalue weighted by Gasteiger charge is 2.51. The number of carbonyl (C=O) groups is 5. The van der Waals surface area contributed by atoms with Gasteiger partial charge in [-0.25, -0.2) is 9.37 Å². The minimum atomic E-state index is -4.88. The molecule has 0 aliphatic carbocycles. The molecule has 2 aliphatic heterocycles. The molecule has 3 atom stereocenters. The van der Waals surface area contributed by atoms with E-state index in [0.29, 0.717) is 31.7 Å². The molecular weight excluding hydrogens is 949 g/mol. The average molecular weight is 1010 g/mol. The lowest BCUT2D eigenvalue weighted by Crippen LogP contribution is -2.57. The highest BCUT2D eigenvalue weighted by atomic mass is 32.1. The van der Waals surface area contributed by atoms with Gasteiger partial charge in [-0.15, -0.1) is 11.3 Å². The van der Waals surface area contributed by atoms with Crippen molar-refractivity contribution in [2.75, 3.05) is 22.9 Å². The minimum absolute atomic E-state index is 0.0384. The number of unbranched alkanes of at least 4 members (excludes halogenated alkanes) is 4. The summed E-state index contributed by atoms with van der Waals surface area (Å²) in [7, 11) is 0. The maximum atomic E-state index is 15.5. The zero-order chi connectivity index (χ0) is 51.3. The number of aliphatic hydroxyl groups is 1. The summed E-state index contributed by atoms with van der Waals surface area (Å²) in [5.74, 6) is -3.44. The summed E-state index contributed by atoms with van der Waals surface area (Å²) >= 11 is 7.08. The summed E-state index contributed by atoms with van der Waals surface area (Å²) < 4.78 is 56.7. The van der Waals surface area contributed by atoms with Crippen LogP contribution in [0.4, 0.5) is 28.9 Å². The molecule has 1 aromatic heterocycles. The summed E-state index contributed by atoms with van der Waals surface area (Å²) in [6.07, 6.45) is -2.35. The van der Waals surface area contributed by atoms with E-state index < -0.39 is 75.9 Å². The predicted octanol–water partition coefficient (Wildman–Crippen LogP) is 7.94. The molecular formula is C50H56F4N8O6S2. The van der Waals surface area contributed by atoms with E-state index in [1.54, 1.807) is 16.8 Å². The van der Waals surface area contributed by atoms with Crippen LogP contribution in [0, 0.1) is 29.5 Å². The molecule has 0 radical (unpaired) electrons. The van der Waals surface area contributed by atoms with Crippen molar-refractivity contribution in [2.45, 2.75) is 123 Å². The molecule has 14 nitrogen and oxygen atoms in total. The first-order valence-electron chi connectivity index (χ1n) is 22.9. The molecule has 70 heavy (non-hydrogen) atoms. The number of thiazole rings is 1. The van der Waals surface area contributed by atoms with Crippen LogP contribution in [0.1, 0.15) is 112 Å². The van der Waals surface area contributed by atoms with E-state index in [-0.39, 0.29) is 60.4 Å². The number of rotatable bonds is 17. The van der Waals surface area contributed by atoms with Crippen molar-refractivity contribution >= 4 is 69.6 Å². The number of alkyl halides is 3. The number of aliphatic hydroxyl groups excluding tert-OH is 1. The van der Waals surface area contributed by atoms with Gasteiger partial charge in [0.2, 0.25) is 17.7 Å². The number of likely N-dealkylation sites (tertiary alicyclic amines) is 1. The maximum Gasteiger partial charge on any atom is 0.417 e. The number of hydrogen-bond donors (Lipinski definition) is 4. The molecule has 372 valence electrons. The van der Waals surface area contributed by atoms with Gasteiger partial charge in [0.25, 0.3) is 11.8 Å². The molecule has 2 aliphatic rings. The monoisotopic (exact) mass is 1000 g/mol. The smallest absolute Gasteiger partial charge is 0.391 e. The average Bonchev–Trinajstić information content (AvgIpc) is 3.96. The second-order valence-corrected chi connectivity index (χ2v) is 20.3. The Morgan fingerprint density at radius 1 is 0.971 bits per heavy atom. The maximum absolute atomic E-state index is 15.5. The van der Waals surface area contributed by atoms with Crippen LogP contribution < -0.4 is 25.8 Å². The van der Waals surface area contributed by atoms with Crippen molar-refractivity contribution in [1.29, 1.82) is 5.26 Å². The number of nitrogens with one attached hydrogen (secondary N) is 3. The van der Waals surface area contributed by atoms with Crippen molar-refractivity contribution in [3.8, 4) is 16.5 Å². The van der Waals surface area contributed by atoms with E-state index in [0.717, 1.165) is 45.2 Å². The van der Waals surface area contributed by atoms with E-state index in [1.807, 2.05) is 52.0 Å². The normalized spacial score (nSPS) is 17.4. The number of benzene rings is 3. The summed E-state index contributed by atoms with van der Waals surface area (Å²) in [6, 6.07) is 13.9. The quantitative estimate of drug-likeness (QED) is 0.0460. The molecule has 4 N–H and O–H groups in total. The molecule has 2 fully saturated rings. The fraction of sp³-hybridized carbons (Fsp3) is 0.440. The third kappa shape index (κ3) is 12.0. The lowest BCUT2D eigenvalue weighted by atomic mass is 9.85. The first-order chi connectivity index (χ1) is 32.9. The van der Waals surface area contributed by atoms with Gasteiger partial charge in [-0.1, -0.05) is 64.3 Å². The van der Waals surface area contributed by atoms with Crippen LogP contribution in [0.2, 0.25) is 0 Å². The summed E-state index contributed by atoms with van der Waals surface area (Å²) in [6.45, 7) is 10.8. The second-order valence-electron chi connectivity index (χ2n) is 19.0. The first-order valence-corrected chi connectivity index (χ1v) is 24.2. The van der Waals surface area contributed by atoms with Crippen molar-refractivity contribution < 1.29 is 46.6 Å². The van der Waals surface area contributed by atoms with E-state index >= 15 is 4.39 Å². The number of amides is 5. The van der Waals surface area contributed by atoms with Gasteiger partial charge in [0.15, 0.2) is 5.11 Å². The van der Waals surface area contributed by atoms with Gasteiger partial charge in [0, 0.05) is 38.2 Å². The number of nitriles is 1. The zero-order valence-electron chi connectivity index (χ0n) is 39.7. The summed E-state index contributed by atoms with van der Waals surface area (Å²) in [5, 5.41) is 28.0.